The summed E-state index contributed by atoms with van der Waals surface area (Å²) >= 11 is 0. The molecule has 0 spiro atoms. The first-order chi connectivity index (χ1) is 10.3. The Morgan fingerprint density at radius 3 is 2.19 bits per heavy atom. The molecule has 2 aromatic carbocycles. The second-order valence-corrected chi connectivity index (χ2v) is 5.69. The highest BCUT2D eigenvalue weighted by atomic mass is 16.6. The van der Waals surface area contributed by atoms with Crippen LogP contribution in [-0.4, -0.2) is 18.3 Å². The van der Waals surface area contributed by atoms with E-state index in [-0.39, 0.29) is 5.60 Å². The summed E-state index contributed by atoms with van der Waals surface area (Å²) < 4.78 is 11.9. The van der Waals surface area contributed by atoms with Crippen molar-refractivity contribution in [1.82, 2.24) is 0 Å². The molecule has 2 atom stereocenters. The number of rotatable bonds is 7. The maximum Gasteiger partial charge on any atom is 0.118 e. The first-order valence-corrected chi connectivity index (χ1v) is 7.66. The van der Waals surface area contributed by atoms with Gasteiger partial charge < -0.3 is 9.47 Å². The fourth-order valence-electron chi connectivity index (χ4n) is 2.76. The number of hydrogen-bond donors (Lipinski definition) is 0. The molecule has 0 amide bonds. The van der Waals surface area contributed by atoms with Crippen LogP contribution in [0.4, 0.5) is 0 Å². The normalized spacial score (nSPS) is 24.0. The minimum Gasteiger partial charge on any atom is -0.374 e. The highest BCUT2D eigenvalue weighted by molar-refractivity contribution is 5.19. The Hall–Kier alpha value is -1.64. The summed E-state index contributed by atoms with van der Waals surface area (Å²) in [6.45, 7) is 3.51. The molecular formula is C19H22O2. The quantitative estimate of drug-likeness (QED) is 0.716. The summed E-state index contributed by atoms with van der Waals surface area (Å²) in [6.07, 6.45) is 2.27. The molecule has 0 aliphatic carbocycles. The molecule has 1 fully saturated rings. The van der Waals surface area contributed by atoms with E-state index in [1.807, 2.05) is 24.3 Å². The van der Waals surface area contributed by atoms with E-state index in [0.717, 1.165) is 12.8 Å². The third-order valence-corrected chi connectivity index (χ3v) is 4.23. The lowest BCUT2D eigenvalue weighted by molar-refractivity contribution is 0.0661. The molecule has 0 bridgehead atoms. The number of benzene rings is 2. The third-order valence-electron chi connectivity index (χ3n) is 4.23. The van der Waals surface area contributed by atoms with Gasteiger partial charge in [-0.3, -0.25) is 0 Å². The molecule has 2 nitrogen and oxygen atoms in total. The summed E-state index contributed by atoms with van der Waals surface area (Å²) in [7, 11) is 0. The molecule has 21 heavy (non-hydrogen) atoms. The zero-order valence-electron chi connectivity index (χ0n) is 12.5. The molecule has 1 heterocycles. The zero-order chi connectivity index (χ0) is 14.5. The van der Waals surface area contributed by atoms with Gasteiger partial charge in [0.25, 0.3) is 0 Å². The topological polar surface area (TPSA) is 21.8 Å². The van der Waals surface area contributed by atoms with Crippen molar-refractivity contribution in [3.8, 4) is 0 Å². The van der Waals surface area contributed by atoms with E-state index in [2.05, 4.69) is 43.3 Å². The van der Waals surface area contributed by atoms with Gasteiger partial charge in [-0.05, 0) is 17.5 Å². The molecule has 0 saturated carbocycles. The number of ether oxygens (including phenoxy) is 2. The van der Waals surface area contributed by atoms with Crippen molar-refractivity contribution in [3.63, 3.8) is 0 Å². The van der Waals surface area contributed by atoms with Crippen LogP contribution < -0.4 is 0 Å². The van der Waals surface area contributed by atoms with Crippen LogP contribution in [0.15, 0.2) is 60.7 Å². The van der Waals surface area contributed by atoms with Crippen molar-refractivity contribution in [2.24, 2.45) is 0 Å². The Kier molecular flexibility index (Phi) is 4.37. The van der Waals surface area contributed by atoms with Crippen molar-refractivity contribution >= 4 is 0 Å². The molecule has 0 unspecified atom stereocenters. The predicted molar refractivity (Wildman–Crippen MR) is 84.1 cm³/mol. The van der Waals surface area contributed by atoms with Crippen LogP contribution in [0.1, 0.15) is 24.5 Å². The van der Waals surface area contributed by atoms with Crippen LogP contribution in [0.5, 0.6) is 0 Å². The van der Waals surface area contributed by atoms with Gasteiger partial charge in [0.15, 0.2) is 0 Å². The Morgan fingerprint density at radius 2 is 1.57 bits per heavy atom. The van der Waals surface area contributed by atoms with Gasteiger partial charge in [0, 0.05) is 6.42 Å². The fraction of sp³-hybridized carbons (Fsp3) is 0.368. The summed E-state index contributed by atoms with van der Waals surface area (Å²) in [5.74, 6) is 0. The van der Waals surface area contributed by atoms with Gasteiger partial charge in [0.2, 0.25) is 0 Å². The van der Waals surface area contributed by atoms with Gasteiger partial charge in [-0.2, -0.15) is 0 Å². The third kappa shape index (κ3) is 3.52. The Labute approximate surface area is 126 Å². The Bertz CT molecular complexity index is 552. The van der Waals surface area contributed by atoms with Crippen molar-refractivity contribution in [1.29, 1.82) is 0 Å². The van der Waals surface area contributed by atoms with Crippen LogP contribution in [0.25, 0.3) is 0 Å². The molecule has 3 rings (SSSR count). The first-order valence-electron chi connectivity index (χ1n) is 7.66. The van der Waals surface area contributed by atoms with Gasteiger partial charge in [-0.25, -0.2) is 0 Å². The van der Waals surface area contributed by atoms with E-state index >= 15 is 0 Å². The number of epoxide rings is 1. The van der Waals surface area contributed by atoms with Crippen molar-refractivity contribution in [2.45, 2.75) is 38.1 Å². The molecular weight excluding hydrogens is 260 g/mol. The summed E-state index contributed by atoms with van der Waals surface area (Å²) in [5.41, 5.74) is 2.47. The van der Waals surface area contributed by atoms with E-state index in [1.54, 1.807) is 0 Å². The first kappa shape index (κ1) is 14.3. The lowest BCUT2D eigenvalue weighted by Gasteiger charge is -2.11. The van der Waals surface area contributed by atoms with Crippen molar-refractivity contribution in [2.75, 3.05) is 6.61 Å². The molecule has 110 valence electrons. The second kappa shape index (κ2) is 6.42. The molecule has 2 heteroatoms. The lowest BCUT2D eigenvalue weighted by Crippen LogP contribution is -2.22. The van der Waals surface area contributed by atoms with E-state index in [9.17, 15) is 0 Å². The molecule has 0 N–H and O–H groups in total. The van der Waals surface area contributed by atoms with Gasteiger partial charge in [-0.15, -0.1) is 0 Å². The van der Waals surface area contributed by atoms with Crippen LogP contribution in [0, 0.1) is 0 Å². The van der Waals surface area contributed by atoms with Crippen LogP contribution in [0.2, 0.25) is 0 Å². The minimum absolute atomic E-state index is 0.0787. The van der Waals surface area contributed by atoms with Crippen molar-refractivity contribution < 1.29 is 9.47 Å². The van der Waals surface area contributed by atoms with Gasteiger partial charge >= 0.3 is 0 Å². The summed E-state index contributed by atoms with van der Waals surface area (Å²) in [4.78, 5) is 0. The maximum atomic E-state index is 5.97. The zero-order valence-corrected chi connectivity index (χ0v) is 12.5. The average molecular weight is 282 g/mol. The Morgan fingerprint density at radius 1 is 0.952 bits per heavy atom. The predicted octanol–water partition coefficient (Wildman–Crippen LogP) is 3.99. The highest BCUT2D eigenvalue weighted by Crippen LogP contribution is 2.42. The lowest BCUT2D eigenvalue weighted by atomic mass is 9.98. The standard InChI is InChI=1S/C19H22O2/c1-2-19(15-20-14-17-11-7-4-8-12-17)18(21-19)13-16-9-5-3-6-10-16/h3-12,18H,2,13-15H2,1H3/t18-,19-/m1/s1. The maximum absolute atomic E-state index is 5.97. The smallest absolute Gasteiger partial charge is 0.118 e. The van der Waals surface area contributed by atoms with Gasteiger partial charge in [0.1, 0.15) is 5.60 Å². The fourth-order valence-corrected chi connectivity index (χ4v) is 2.76. The van der Waals surface area contributed by atoms with Crippen LogP contribution in [0.3, 0.4) is 0 Å². The second-order valence-electron chi connectivity index (χ2n) is 5.69. The van der Waals surface area contributed by atoms with E-state index < -0.39 is 0 Å². The monoisotopic (exact) mass is 282 g/mol. The molecule has 0 aromatic heterocycles. The van der Waals surface area contributed by atoms with E-state index in [4.69, 9.17) is 9.47 Å². The van der Waals surface area contributed by atoms with E-state index in [0.29, 0.717) is 19.3 Å². The molecule has 1 aliphatic heterocycles. The van der Waals surface area contributed by atoms with E-state index in [1.165, 1.54) is 11.1 Å². The highest BCUT2D eigenvalue weighted by Gasteiger charge is 2.54. The molecule has 0 radical (unpaired) electrons. The largest absolute Gasteiger partial charge is 0.374 e. The SMILES string of the molecule is CC[C@]1(COCc2ccccc2)O[C@@H]1Cc1ccccc1. The van der Waals surface area contributed by atoms with Crippen LogP contribution in [-0.2, 0) is 22.5 Å². The average Bonchev–Trinajstić information content (AvgIpc) is 3.22. The van der Waals surface area contributed by atoms with Gasteiger partial charge in [-0.1, -0.05) is 67.6 Å². The minimum atomic E-state index is -0.0787. The summed E-state index contributed by atoms with van der Waals surface area (Å²) in [6, 6.07) is 20.8. The Balaban J connectivity index is 1.50. The molecule has 2 aromatic rings. The molecule has 1 saturated heterocycles. The van der Waals surface area contributed by atoms with Crippen molar-refractivity contribution in [3.05, 3.63) is 71.8 Å². The van der Waals surface area contributed by atoms with Gasteiger partial charge in [0.05, 0.1) is 19.3 Å². The molecule has 1 aliphatic rings. The summed E-state index contributed by atoms with van der Waals surface area (Å²) in [5, 5.41) is 0. The van der Waals surface area contributed by atoms with Crippen LogP contribution >= 0.6 is 0 Å². The number of hydrogen-bond acceptors (Lipinski definition) is 2.